The summed E-state index contributed by atoms with van der Waals surface area (Å²) in [5.41, 5.74) is 0. The molecular formula is C9H13NO5. The van der Waals surface area contributed by atoms with Crippen molar-refractivity contribution in [2.24, 2.45) is 0 Å². The molecule has 0 aromatic heterocycles. The third-order valence-corrected chi connectivity index (χ3v) is 2.24. The van der Waals surface area contributed by atoms with Crippen LogP contribution in [0.4, 0.5) is 4.79 Å². The number of rotatable bonds is 4. The summed E-state index contributed by atoms with van der Waals surface area (Å²) in [6.07, 6.45) is 0.140. The second-order valence-electron chi connectivity index (χ2n) is 3.27. The lowest BCUT2D eigenvalue weighted by Crippen LogP contribution is -2.39. The Morgan fingerprint density at radius 1 is 1.53 bits per heavy atom. The van der Waals surface area contributed by atoms with Crippen molar-refractivity contribution < 1.29 is 24.5 Å². The second kappa shape index (κ2) is 4.79. The lowest BCUT2D eigenvalue weighted by Gasteiger charge is -2.16. The predicted octanol–water partition coefficient (Wildman–Crippen LogP) is 0.394. The third kappa shape index (κ3) is 2.69. The van der Waals surface area contributed by atoms with E-state index in [2.05, 4.69) is 6.58 Å². The topological polar surface area (TPSA) is 87.1 Å². The van der Waals surface area contributed by atoms with Gasteiger partial charge in [-0.2, -0.15) is 0 Å². The van der Waals surface area contributed by atoms with E-state index in [1.165, 1.54) is 0 Å². The highest BCUT2D eigenvalue weighted by molar-refractivity contribution is 5.80. The van der Waals surface area contributed by atoms with Crippen LogP contribution in [0.25, 0.3) is 0 Å². The molecule has 6 heteroatoms. The second-order valence-corrected chi connectivity index (χ2v) is 3.27. The van der Waals surface area contributed by atoms with Crippen LogP contribution in [-0.4, -0.2) is 52.5 Å². The molecule has 0 aliphatic carbocycles. The Kier molecular flexibility index (Phi) is 3.68. The molecule has 0 aromatic carbocycles. The smallest absolute Gasteiger partial charge is 0.408 e. The lowest BCUT2D eigenvalue weighted by atomic mass is 10.2. The highest BCUT2D eigenvalue weighted by atomic mass is 16.5. The monoisotopic (exact) mass is 215 g/mol. The number of aliphatic carboxylic acids is 1. The van der Waals surface area contributed by atoms with Gasteiger partial charge in [-0.3, -0.25) is 4.90 Å². The molecule has 1 rings (SSSR count). The van der Waals surface area contributed by atoms with Crippen LogP contribution in [-0.2, 0) is 9.53 Å². The molecule has 0 radical (unpaired) electrons. The largest absolute Gasteiger partial charge is 0.480 e. The fraction of sp³-hybridized carbons (Fsp3) is 0.556. The van der Waals surface area contributed by atoms with Gasteiger partial charge in [0.1, 0.15) is 6.04 Å². The van der Waals surface area contributed by atoms with Gasteiger partial charge >= 0.3 is 12.1 Å². The molecule has 15 heavy (non-hydrogen) atoms. The number of likely N-dealkylation sites (tertiary alicyclic amines) is 1. The highest BCUT2D eigenvalue weighted by Crippen LogP contribution is 2.20. The van der Waals surface area contributed by atoms with Crippen molar-refractivity contribution in [3.05, 3.63) is 12.7 Å². The van der Waals surface area contributed by atoms with E-state index < -0.39 is 18.1 Å². The first-order valence-corrected chi connectivity index (χ1v) is 4.51. The number of carboxylic acids is 1. The highest BCUT2D eigenvalue weighted by Gasteiger charge is 2.40. The summed E-state index contributed by atoms with van der Waals surface area (Å²) in [4.78, 5) is 22.4. The first-order valence-electron chi connectivity index (χ1n) is 4.51. The minimum Gasteiger partial charge on any atom is -0.480 e. The van der Waals surface area contributed by atoms with E-state index in [0.29, 0.717) is 6.61 Å². The fourth-order valence-electron chi connectivity index (χ4n) is 1.57. The maximum absolute atomic E-state index is 10.8. The Morgan fingerprint density at radius 3 is 2.60 bits per heavy atom. The molecule has 0 spiro atoms. The molecule has 1 amide bonds. The number of hydrogen-bond acceptors (Lipinski definition) is 3. The number of amides is 1. The van der Waals surface area contributed by atoms with E-state index in [1.807, 2.05) is 0 Å². The Bertz CT molecular complexity index is 256. The summed E-state index contributed by atoms with van der Waals surface area (Å²) < 4.78 is 5.23. The van der Waals surface area contributed by atoms with Gasteiger partial charge in [0.25, 0.3) is 0 Å². The van der Waals surface area contributed by atoms with Crippen molar-refractivity contribution in [3.63, 3.8) is 0 Å². The van der Waals surface area contributed by atoms with E-state index in [1.54, 1.807) is 6.08 Å². The van der Waals surface area contributed by atoms with Crippen LogP contribution in [0.3, 0.4) is 0 Å². The molecule has 6 nitrogen and oxygen atoms in total. The number of nitrogens with zero attached hydrogens (tertiary/aromatic N) is 1. The van der Waals surface area contributed by atoms with Gasteiger partial charge in [-0.1, -0.05) is 6.08 Å². The molecule has 1 aliphatic heterocycles. The van der Waals surface area contributed by atoms with Crippen molar-refractivity contribution in [2.75, 3.05) is 13.2 Å². The van der Waals surface area contributed by atoms with E-state index in [0.717, 1.165) is 4.90 Å². The maximum Gasteiger partial charge on any atom is 0.408 e. The minimum atomic E-state index is -1.23. The molecule has 1 aliphatic rings. The normalized spacial score (nSPS) is 25.2. The van der Waals surface area contributed by atoms with Gasteiger partial charge in [-0.15, -0.1) is 6.58 Å². The van der Waals surface area contributed by atoms with E-state index in [9.17, 15) is 9.59 Å². The number of carbonyl (C=O) groups is 2. The van der Waals surface area contributed by atoms with Gasteiger partial charge in [0.05, 0.1) is 19.3 Å². The molecule has 1 fully saturated rings. The molecule has 1 saturated heterocycles. The molecule has 0 aromatic rings. The predicted molar refractivity (Wildman–Crippen MR) is 50.7 cm³/mol. The first kappa shape index (κ1) is 11.5. The Hall–Kier alpha value is -1.56. The van der Waals surface area contributed by atoms with E-state index in [4.69, 9.17) is 14.9 Å². The third-order valence-electron chi connectivity index (χ3n) is 2.24. The zero-order chi connectivity index (χ0) is 11.4. The van der Waals surface area contributed by atoms with Crippen LogP contribution in [0.5, 0.6) is 0 Å². The molecule has 0 bridgehead atoms. The van der Waals surface area contributed by atoms with E-state index in [-0.39, 0.29) is 19.1 Å². The number of hydrogen-bond donors (Lipinski definition) is 2. The van der Waals surface area contributed by atoms with Crippen LogP contribution in [0, 0.1) is 0 Å². The molecule has 2 atom stereocenters. The molecule has 84 valence electrons. The van der Waals surface area contributed by atoms with E-state index >= 15 is 0 Å². The van der Waals surface area contributed by atoms with Crippen molar-refractivity contribution >= 4 is 12.1 Å². The zero-order valence-electron chi connectivity index (χ0n) is 8.13. The zero-order valence-corrected chi connectivity index (χ0v) is 8.13. The summed E-state index contributed by atoms with van der Waals surface area (Å²) in [6.45, 7) is 3.85. The molecule has 0 saturated carbocycles. The Morgan fingerprint density at radius 2 is 2.20 bits per heavy atom. The molecular weight excluding hydrogens is 202 g/mol. The SMILES string of the molecule is C=CCOC1CC(C(=O)O)N(C(=O)O)C1. The quantitative estimate of drug-likeness (QED) is 0.662. The fourth-order valence-corrected chi connectivity index (χ4v) is 1.57. The van der Waals surface area contributed by atoms with Gasteiger partial charge in [0.15, 0.2) is 0 Å². The van der Waals surface area contributed by atoms with Crippen molar-refractivity contribution in [2.45, 2.75) is 18.6 Å². The van der Waals surface area contributed by atoms with Gasteiger partial charge in [0.2, 0.25) is 0 Å². The lowest BCUT2D eigenvalue weighted by molar-refractivity contribution is -0.141. The first-order chi connectivity index (χ1) is 7.06. The average Bonchev–Trinajstić information content (AvgIpc) is 2.58. The van der Waals surface area contributed by atoms with Crippen LogP contribution in [0.1, 0.15) is 6.42 Å². The standard InChI is InChI=1S/C9H13NO5/c1-2-3-15-6-4-7(8(11)12)10(5-6)9(13)14/h2,6-7H,1,3-5H2,(H,11,12)(H,13,14). The van der Waals surface area contributed by atoms with Crippen LogP contribution in [0.15, 0.2) is 12.7 Å². The summed E-state index contributed by atoms with van der Waals surface area (Å²) in [7, 11) is 0. The summed E-state index contributed by atoms with van der Waals surface area (Å²) in [6, 6.07) is -1.00. The Labute approximate surface area is 86.7 Å². The minimum absolute atomic E-state index is 0.0974. The number of ether oxygens (including phenoxy) is 1. The molecule has 1 heterocycles. The van der Waals surface area contributed by atoms with Crippen LogP contribution in [0.2, 0.25) is 0 Å². The molecule has 2 unspecified atom stereocenters. The number of carboxylic acid groups (broad SMARTS) is 2. The Balaban J connectivity index is 2.60. The average molecular weight is 215 g/mol. The van der Waals surface area contributed by atoms with Crippen LogP contribution >= 0.6 is 0 Å². The van der Waals surface area contributed by atoms with Gasteiger partial charge in [-0.25, -0.2) is 9.59 Å². The molecule has 2 N–H and O–H groups in total. The summed E-state index contributed by atoms with van der Waals surface area (Å²) in [5, 5.41) is 17.6. The van der Waals surface area contributed by atoms with Gasteiger partial charge < -0.3 is 14.9 Å². The van der Waals surface area contributed by atoms with Crippen molar-refractivity contribution in [1.82, 2.24) is 4.90 Å². The van der Waals surface area contributed by atoms with Gasteiger partial charge in [-0.05, 0) is 0 Å². The van der Waals surface area contributed by atoms with Crippen LogP contribution < -0.4 is 0 Å². The van der Waals surface area contributed by atoms with Crippen molar-refractivity contribution in [1.29, 1.82) is 0 Å². The van der Waals surface area contributed by atoms with Crippen molar-refractivity contribution in [3.8, 4) is 0 Å². The summed E-state index contributed by atoms with van der Waals surface area (Å²) >= 11 is 0. The van der Waals surface area contributed by atoms with Gasteiger partial charge in [0, 0.05) is 6.42 Å². The maximum atomic E-state index is 10.8. The summed E-state index contributed by atoms with van der Waals surface area (Å²) in [5.74, 6) is -1.14.